The molecule has 1 aromatic rings. The summed E-state index contributed by atoms with van der Waals surface area (Å²) in [6, 6.07) is 0.456. The highest BCUT2D eigenvalue weighted by Crippen LogP contribution is 2.15. The Kier molecular flexibility index (Phi) is 3.66. The van der Waals surface area contributed by atoms with Crippen molar-refractivity contribution < 1.29 is 0 Å². The second kappa shape index (κ2) is 4.56. The topological polar surface area (TPSA) is 37.8 Å². The van der Waals surface area contributed by atoms with E-state index in [4.69, 9.17) is 0 Å². The molecule has 1 N–H and O–H groups in total. The Morgan fingerprint density at radius 1 is 1.38 bits per heavy atom. The minimum Gasteiger partial charge on any atom is -0.358 e. The van der Waals surface area contributed by atoms with Crippen molar-refractivity contribution in [3.63, 3.8) is 0 Å². The second-order valence-electron chi connectivity index (χ2n) is 3.55. The molecule has 13 heavy (non-hydrogen) atoms. The third-order valence-corrected chi connectivity index (χ3v) is 2.82. The molecule has 74 valence electrons. The van der Waals surface area contributed by atoms with Crippen molar-refractivity contribution in [2.45, 2.75) is 40.2 Å². The first-order valence-electron chi connectivity index (χ1n) is 4.72. The van der Waals surface area contributed by atoms with Gasteiger partial charge in [0.15, 0.2) is 0 Å². The molecule has 4 heteroatoms. The minimum atomic E-state index is 0.456. The van der Waals surface area contributed by atoms with Crippen LogP contribution in [0.2, 0.25) is 0 Å². The maximum Gasteiger partial charge on any atom is 0.202 e. The van der Waals surface area contributed by atoms with Gasteiger partial charge >= 0.3 is 0 Å². The Balaban J connectivity index is 2.53. The fourth-order valence-electron chi connectivity index (χ4n) is 0.818. The molecule has 0 saturated carbocycles. The molecule has 0 aliphatic rings. The molecule has 0 saturated heterocycles. The summed E-state index contributed by atoms with van der Waals surface area (Å²) in [6.45, 7) is 8.62. The average Bonchev–Trinajstić information content (AvgIpc) is 2.52. The molecule has 0 aromatic carbocycles. The van der Waals surface area contributed by atoms with Crippen LogP contribution in [-0.4, -0.2) is 15.4 Å². The lowest BCUT2D eigenvalue weighted by molar-refractivity contribution is 0.559. The van der Waals surface area contributed by atoms with Crippen LogP contribution in [0.5, 0.6) is 0 Å². The summed E-state index contributed by atoms with van der Waals surface area (Å²) in [4.78, 5) is 4.35. The van der Waals surface area contributed by atoms with Crippen LogP contribution in [0.4, 0.5) is 5.13 Å². The number of hydrogen-bond donors (Lipinski definition) is 1. The Hall–Kier alpha value is -0.640. The molecule has 0 amide bonds. The summed E-state index contributed by atoms with van der Waals surface area (Å²) in [5.41, 5.74) is 0. The van der Waals surface area contributed by atoms with Crippen molar-refractivity contribution in [2.24, 2.45) is 5.92 Å². The minimum absolute atomic E-state index is 0.456. The van der Waals surface area contributed by atoms with Crippen LogP contribution in [0, 0.1) is 5.92 Å². The summed E-state index contributed by atoms with van der Waals surface area (Å²) < 4.78 is 4.22. The Morgan fingerprint density at radius 2 is 2.08 bits per heavy atom. The van der Waals surface area contributed by atoms with E-state index in [0.717, 1.165) is 17.4 Å². The fraction of sp³-hybridized carbons (Fsp3) is 0.778. The van der Waals surface area contributed by atoms with Gasteiger partial charge in [-0.2, -0.15) is 4.37 Å². The largest absolute Gasteiger partial charge is 0.358 e. The van der Waals surface area contributed by atoms with Gasteiger partial charge in [0.2, 0.25) is 5.13 Å². The van der Waals surface area contributed by atoms with Gasteiger partial charge in [0.25, 0.3) is 0 Å². The highest BCUT2D eigenvalue weighted by atomic mass is 32.1. The maximum atomic E-state index is 4.35. The predicted octanol–water partition coefficient (Wildman–Crippen LogP) is 2.56. The van der Waals surface area contributed by atoms with Crippen molar-refractivity contribution >= 4 is 16.7 Å². The van der Waals surface area contributed by atoms with Crippen LogP contribution in [-0.2, 0) is 6.42 Å². The zero-order valence-electron chi connectivity index (χ0n) is 8.66. The van der Waals surface area contributed by atoms with Gasteiger partial charge in [-0.15, -0.1) is 0 Å². The molecule has 1 atom stereocenters. The van der Waals surface area contributed by atoms with Gasteiger partial charge in [-0.3, -0.25) is 0 Å². The molecule has 0 fully saturated rings. The van der Waals surface area contributed by atoms with Crippen molar-refractivity contribution in [3.05, 3.63) is 5.82 Å². The Morgan fingerprint density at radius 3 is 2.54 bits per heavy atom. The molecule has 0 bridgehead atoms. The number of rotatable bonds is 4. The molecule has 0 radical (unpaired) electrons. The van der Waals surface area contributed by atoms with E-state index < -0.39 is 0 Å². The van der Waals surface area contributed by atoms with Gasteiger partial charge in [-0.1, -0.05) is 20.8 Å². The number of nitrogens with zero attached hydrogens (tertiary/aromatic N) is 2. The normalized spacial score (nSPS) is 13.3. The molecule has 1 heterocycles. The van der Waals surface area contributed by atoms with E-state index in [1.807, 2.05) is 0 Å². The third kappa shape index (κ3) is 2.95. The molecule has 1 unspecified atom stereocenters. The molecule has 1 rings (SSSR count). The van der Waals surface area contributed by atoms with Crippen LogP contribution in [0.1, 0.15) is 33.5 Å². The lowest BCUT2D eigenvalue weighted by Gasteiger charge is -2.15. The summed E-state index contributed by atoms with van der Waals surface area (Å²) in [5, 5.41) is 4.28. The highest BCUT2D eigenvalue weighted by molar-refractivity contribution is 7.09. The lowest BCUT2D eigenvalue weighted by Crippen LogP contribution is -2.21. The van der Waals surface area contributed by atoms with E-state index in [2.05, 4.69) is 42.4 Å². The lowest BCUT2D eigenvalue weighted by atomic mass is 10.1. The number of aromatic nitrogens is 2. The van der Waals surface area contributed by atoms with Crippen molar-refractivity contribution in [1.82, 2.24) is 9.36 Å². The quantitative estimate of drug-likeness (QED) is 0.810. The molecule has 3 nitrogen and oxygen atoms in total. The summed E-state index contributed by atoms with van der Waals surface area (Å²) in [7, 11) is 0. The number of anilines is 1. The number of nitrogens with one attached hydrogen (secondary N) is 1. The average molecular weight is 199 g/mol. The second-order valence-corrected chi connectivity index (χ2v) is 4.30. The Labute approximate surface area is 83.8 Å². The van der Waals surface area contributed by atoms with Crippen LogP contribution in [0.3, 0.4) is 0 Å². The molecule has 0 aliphatic heterocycles. The fourth-order valence-corrected chi connectivity index (χ4v) is 1.56. The van der Waals surface area contributed by atoms with E-state index in [1.165, 1.54) is 11.5 Å². The van der Waals surface area contributed by atoms with Gasteiger partial charge in [-0.05, 0) is 12.8 Å². The van der Waals surface area contributed by atoms with Gasteiger partial charge < -0.3 is 5.32 Å². The summed E-state index contributed by atoms with van der Waals surface area (Å²) in [5.74, 6) is 1.55. The van der Waals surface area contributed by atoms with Gasteiger partial charge in [0.1, 0.15) is 5.82 Å². The molecular weight excluding hydrogens is 182 g/mol. The molecular formula is C9H17N3S. The van der Waals surface area contributed by atoms with Crippen LogP contribution in [0.15, 0.2) is 0 Å². The first-order valence-corrected chi connectivity index (χ1v) is 5.50. The number of aryl methyl sites for hydroxylation is 1. The summed E-state index contributed by atoms with van der Waals surface area (Å²) in [6.07, 6.45) is 0.911. The zero-order valence-corrected chi connectivity index (χ0v) is 9.48. The SMILES string of the molecule is CCc1nsc(NC(C)C(C)C)n1. The van der Waals surface area contributed by atoms with Crippen LogP contribution < -0.4 is 5.32 Å². The van der Waals surface area contributed by atoms with Gasteiger partial charge in [0, 0.05) is 24.0 Å². The van der Waals surface area contributed by atoms with Crippen molar-refractivity contribution in [3.8, 4) is 0 Å². The molecule has 1 aromatic heterocycles. The first kappa shape index (κ1) is 10.4. The van der Waals surface area contributed by atoms with E-state index >= 15 is 0 Å². The zero-order chi connectivity index (χ0) is 9.84. The van der Waals surface area contributed by atoms with Gasteiger partial charge in [0.05, 0.1) is 0 Å². The van der Waals surface area contributed by atoms with Crippen molar-refractivity contribution in [2.75, 3.05) is 5.32 Å². The van der Waals surface area contributed by atoms with E-state index in [-0.39, 0.29) is 0 Å². The third-order valence-electron chi connectivity index (χ3n) is 2.14. The molecule has 0 aliphatic carbocycles. The predicted molar refractivity (Wildman–Crippen MR) is 57.2 cm³/mol. The summed E-state index contributed by atoms with van der Waals surface area (Å²) >= 11 is 1.45. The van der Waals surface area contributed by atoms with Crippen LogP contribution in [0.25, 0.3) is 0 Å². The Bertz CT molecular complexity index is 257. The maximum absolute atomic E-state index is 4.35. The standard InChI is InChI=1S/C9H17N3S/c1-5-8-11-9(13-12-8)10-7(4)6(2)3/h6-7H,5H2,1-4H3,(H,10,11,12). The first-order chi connectivity index (χ1) is 6.13. The van der Waals surface area contributed by atoms with Crippen molar-refractivity contribution in [1.29, 1.82) is 0 Å². The monoisotopic (exact) mass is 199 g/mol. The van der Waals surface area contributed by atoms with E-state index in [9.17, 15) is 0 Å². The molecule has 0 spiro atoms. The van der Waals surface area contributed by atoms with E-state index in [0.29, 0.717) is 12.0 Å². The van der Waals surface area contributed by atoms with E-state index in [1.54, 1.807) is 0 Å². The number of hydrogen-bond acceptors (Lipinski definition) is 4. The smallest absolute Gasteiger partial charge is 0.202 e. The van der Waals surface area contributed by atoms with Crippen LogP contribution >= 0.6 is 11.5 Å². The van der Waals surface area contributed by atoms with Gasteiger partial charge in [-0.25, -0.2) is 4.98 Å². The highest BCUT2D eigenvalue weighted by Gasteiger charge is 2.09.